The van der Waals surface area contributed by atoms with Crippen LogP contribution >= 0.6 is 11.6 Å². The number of pyridine rings is 1. The molecule has 2 heteroatoms. The van der Waals surface area contributed by atoms with Crippen LogP contribution in [0.4, 0.5) is 0 Å². The first-order valence-electron chi connectivity index (χ1n) is 5.85. The Hall–Kier alpha value is -0.560. The van der Waals surface area contributed by atoms with E-state index in [0.717, 1.165) is 10.7 Å². The van der Waals surface area contributed by atoms with Crippen LogP contribution in [0.2, 0.25) is 5.02 Å². The van der Waals surface area contributed by atoms with Gasteiger partial charge in [0.2, 0.25) is 0 Å². The number of halogens is 1. The van der Waals surface area contributed by atoms with E-state index >= 15 is 0 Å². The van der Waals surface area contributed by atoms with Gasteiger partial charge in [-0.05, 0) is 24.5 Å². The summed E-state index contributed by atoms with van der Waals surface area (Å²) in [6, 6.07) is 3.96. The van der Waals surface area contributed by atoms with Gasteiger partial charge >= 0.3 is 0 Å². The maximum atomic E-state index is 5.80. The average Bonchev–Trinajstić information content (AvgIpc) is 2.25. The zero-order chi connectivity index (χ0) is 11.1. The van der Waals surface area contributed by atoms with Crippen molar-refractivity contribution in [2.45, 2.75) is 51.9 Å². The number of hydrogen-bond acceptors (Lipinski definition) is 1. The zero-order valence-corrected chi connectivity index (χ0v) is 10.4. The topological polar surface area (TPSA) is 12.9 Å². The van der Waals surface area contributed by atoms with Crippen molar-refractivity contribution in [1.29, 1.82) is 0 Å². The quantitative estimate of drug-likeness (QED) is 0.634. The van der Waals surface area contributed by atoms with Crippen molar-refractivity contribution in [2.24, 2.45) is 0 Å². The molecule has 1 rings (SSSR count). The zero-order valence-electron chi connectivity index (χ0n) is 9.67. The molecule has 0 bridgehead atoms. The fraction of sp³-hybridized carbons (Fsp3) is 0.615. The summed E-state index contributed by atoms with van der Waals surface area (Å²) in [7, 11) is 0. The molecule has 0 saturated heterocycles. The molecule has 0 aromatic carbocycles. The summed E-state index contributed by atoms with van der Waals surface area (Å²) >= 11 is 5.80. The molecule has 0 N–H and O–H groups in total. The maximum absolute atomic E-state index is 5.80. The second kappa shape index (κ2) is 6.84. The minimum atomic E-state index is 0.555. The molecular weight excluding hydrogens is 206 g/mol. The third kappa shape index (κ3) is 4.65. The first-order valence-corrected chi connectivity index (χ1v) is 6.23. The first kappa shape index (κ1) is 12.5. The van der Waals surface area contributed by atoms with Gasteiger partial charge in [-0.2, -0.15) is 0 Å². The molecule has 0 radical (unpaired) electrons. The summed E-state index contributed by atoms with van der Waals surface area (Å²) in [6.45, 7) is 4.48. The molecule has 1 aromatic heterocycles. The van der Waals surface area contributed by atoms with E-state index in [1.165, 1.54) is 32.1 Å². The van der Waals surface area contributed by atoms with Gasteiger partial charge in [0.25, 0.3) is 0 Å². The van der Waals surface area contributed by atoms with Crippen LogP contribution in [0, 0.1) is 0 Å². The Balaban J connectivity index is 2.33. The summed E-state index contributed by atoms with van der Waals surface area (Å²) in [6.07, 6.45) is 8.26. The van der Waals surface area contributed by atoms with Gasteiger partial charge in [0.05, 0.1) is 5.02 Å². The van der Waals surface area contributed by atoms with Crippen LogP contribution in [0.15, 0.2) is 18.3 Å². The Labute approximate surface area is 97.9 Å². The van der Waals surface area contributed by atoms with Gasteiger partial charge in [0.1, 0.15) is 0 Å². The van der Waals surface area contributed by atoms with E-state index in [-0.39, 0.29) is 0 Å². The average molecular weight is 226 g/mol. The van der Waals surface area contributed by atoms with Crippen molar-refractivity contribution in [3.63, 3.8) is 0 Å². The molecule has 0 aliphatic rings. The molecular formula is C13H20ClN. The third-order valence-electron chi connectivity index (χ3n) is 2.75. The monoisotopic (exact) mass is 225 g/mol. The number of unbranched alkanes of at least 4 members (excludes halogenated alkanes) is 3. The van der Waals surface area contributed by atoms with Gasteiger partial charge in [-0.1, -0.05) is 51.1 Å². The second-order valence-electron chi connectivity index (χ2n) is 4.15. The highest BCUT2D eigenvalue weighted by molar-refractivity contribution is 6.30. The highest BCUT2D eigenvalue weighted by atomic mass is 35.5. The number of nitrogens with zero attached hydrogens (tertiary/aromatic N) is 1. The number of hydrogen-bond donors (Lipinski definition) is 0. The van der Waals surface area contributed by atoms with Crippen molar-refractivity contribution in [1.82, 2.24) is 4.98 Å². The molecule has 1 nitrogen and oxygen atoms in total. The molecule has 1 aromatic rings. The molecule has 0 saturated carbocycles. The van der Waals surface area contributed by atoms with E-state index in [0.29, 0.717) is 5.92 Å². The molecule has 0 fully saturated rings. The predicted octanol–water partition coefficient (Wildman–Crippen LogP) is 4.81. The fourth-order valence-electron chi connectivity index (χ4n) is 1.70. The van der Waals surface area contributed by atoms with Gasteiger partial charge < -0.3 is 0 Å². The van der Waals surface area contributed by atoms with E-state index in [4.69, 9.17) is 11.6 Å². The normalized spacial score (nSPS) is 12.7. The molecule has 15 heavy (non-hydrogen) atoms. The van der Waals surface area contributed by atoms with Gasteiger partial charge in [0.15, 0.2) is 0 Å². The summed E-state index contributed by atoms with van der Waals surface area (Å²) in [4.78, 5) is 4.35. The molecule has 0 aliphatic carbocycles. The van der Waals surface area contributed by atoms with Crippen molar-refractivity contribution in [3.05, 3.63) is 29.0 Å². The van der Waals surface area contributed by atoms with Crippen LogP contribution in [0.3, 0.4) is 0 Å². The molecule has 1 unspecified atom stereocenters. The lowest BCUT2D eigenvalue weighted by atomic mass is 9.99. The van der Waals surface area contributed by atoms with E-state index in [9.17, 15) is 0 Å². The molecule has 0 amide bonds. The van der Waals surface area contributed by atoms with E-state index in [1.807, 2.05) is 12.1 Å². The van der Waals surface area contributed by atoms with Crippen LogP contribution < -0.4 is 0 Å². The summed E-state index contributed by atoms with van der Waals surface area (Å²) < 4.78 is 0. The minimum absolute atomic E-state index is 0.555. The van der Waals surface area contributed by atoms with Gasteiger partial charge in [-0.15, -0.1) is 0 Å². The highest BCUT2D eigenvalue weighted by Gasteiger charge is 2.05. The summed E-state index contributed by atoms with van der Waals surface area (Å²) in [5.74, 6) is 0.555. The van der Waals surface area contributed by atoms with Crippen molar-refractivity contribution in [2.75, 3.05) is 0 Å². The Kier molecular flexibility index (Phi) is 5.70. The fourth-order valence-corrected chi connectivity index (χ4v) is 1.82. The molecule has 0 spiro atoms. The lowest BCUT2D eigenvalue weighted by Crippen LogP contribution is -1.96. The van der Waals surface area contributed by atoms with E-state index < -0.39 is 0 Å². The van der Waals surface area contributed by atoms with Crippen LogP contribution in [0.1, 0.15) is 57.6 Å². The Bertz CT molecular complexity index is 268. The Morgan fingerprint density at radius 2 is 2.07 bits per heavy atom. The van der Waals surface area contributed by atoms with Gasteiger partial charge in [-0.25, -0.2) is 0 Å². The van der Waals surface area contributed by atoms with Crippen molar-refractivity contribution >= 4 is 11.6 Å². The minimum Gasteiger partial charge on any atom is -0.259 e. The van der Waals surface area contributed by atoms with Crippen LogP contribution in [-0.4, -0.2) is 4.98 Å². The number of rotatable bonds is 6. The summed E-state index contributed by atoms with van der Waals surface area (Å²) in [5.41, 5.74) is 1.16. The smallest absolute Gasteiger partial charge is 0.0589 e. The maximum Gasteiger partial charge on any atom is 0.0589 e. The van der Waals surface area contributed by atoms with Crippen molar-refractivity contribution in [3.8, 4) is 0 Å². The third-order valence-corrected chi connectivity index (χ3v) is 2.97. The Morgan fingerprint density at radius 3 is 2.67 bits per heavy atom. The van der Waals surface area contributed by atoms with Crippen LogP contribution in [0.5, 0.6) is 0 Å². The van der Waals surface area contributed by atoms with Gasteiger partial charge in [-0.3, -0.25) is 4.98 Å². The van der Waals surface area contributed by atoms with Crippen molar-refractivity contribution < 1.29 is 0 Å². The highest BCUT2D eigenvalue weighted by Crippen LogP contribution is 2.21. The largest absolute Gasteiger partial charge is 0.259 e. The molecule has 1 heterocycles. The molecule has 84 valence electrons. The van der Waals surface area contributed by atoms with E-state index in [1.54, 1.807) is 6.20 Å². The SMILES string of the molecule is CCCCCCC(C)c1ccc(Cl)cn1. The predicted molar refractivity (Wildman–Crippen MR) is 66.4 cm³/mol. The first-order chi connectivity index (χ1) is 7.24. The van der Waals surface area contributed by atoms with Crippen LogP contribution in [0.25, 0.3) is 0 Å². The number of aromatic nitrogens is 1. The van der Waals surface area contributed by atoms with Gasteiger partial charge in [0, 0.05) is 11.9 Å². The molecule has 0 aliphatic heterocycles. The lowest BCUT2D eigenvalue weighted by Gasteiger charge is -2.10. The summed E-state index contributed by atoms with van der Waals surface area (Å²) in [5, 5.41) is 0.719. The second-order valence-corrected chi connectivity index (χ2v) is 4.59. The van der Waals surface area contributed by atoms with Crippen LogP contribution in [-0.2, 0) is 0 Å². The Morgan fingerprint density at radius 1 is 1.27 bits per heavy atom. The standard InChI is InChI=1S/C13H20ClN/c1-3-4-5-6-7-11(2)13-9-8-12(14)10-15-13/h8-11H,3-7H2,1-2H3. The molecule has 1 atom stereocenters. The lowest BCUT2D eigenvalue weighted by molar-refractivity contribution is 0.572. The van der Waals surface area contributed by atoms with E-state index in [2.05, 4.69) is 18.8 Å².